The number of nitrogens with two attached hydrogens (primary N) is 1. The van der Waals surface area contributed by atoms with Gasteiger partial charge in [0.25, 0.3) is 0 Å². The highest BCUT2D eigenvalue weighted by Gasteiger charge is 2.60. The first-order valence-electron chi connectivity index (χ1n) is 13.1. The van der Waals surface area contributed by atoms with Gasteiger partial charge in [-0.05, 0) is 23.8 Å². The van der Waals surface area contributed by atoms with Gasteiger partial charge in [-0.1, -0.05) is 6.92 Å². The number of carbonyl (C=O) groups excluding carboxylic acids is 3. The number of nitrogens with one attached hydrogen (secondary N) is 3. The smallest absolute Gasteiger partial charge is 0.353 e. The number of amides is 3. The Bertz CT molecular complexity index is 1160. The molecule has 4 aliphatic heterocycles. The SMILES string of the molecule is CC(NC(=O)Cn1cnnn1)[C@H]1C(=O)N2C(C(=O)O)=C(S[C@@H]3CN[C@H](C(=O)N4CCN[C@@H](CN)C4)C3)[C@H](C)[C@H]12. The van der Waals surface area contributed by atoms with Crippen molar-refractivity contribution in [1.29, 1.82) is 0 Å². The van der Waals surface area contributed by atoms with Crippen LogP contribution in [0.15, 0.2) is 16.9 Å². The van der Waals surface area contributed by atoms with Crippen LogP contribution in [0.25, 0.3) is 0 Å². The highest BCUT2D eigenvalue weighted by molar-refractivity contribution is 8.03. The molecule has 0 saturated carbocycles. The lowest BCUT2D eigenvalue weighted by molar-refractivity contribution is -0.158. The van der Waals surface area contributed by atoms with Gasteiger partial charge >= 0.3 is 5.97 Å². The number of carbonyl (C=O) groups is 4. The third kappa shape index (κ3) is 5.25. The van der Waals surface area contributed by atoms with Gasteiger partial charge in [0.2, 0.25) is 17.7 Å². The maximum absolute atomic E-state index is 13.1. The van der Waals surface area contributed by atoms with Crippen LogP contribution in [0.5, 0.6) is 0 Å². The Labute approximate surface area is 229 Å². The fourth-order valence-corrected chi connectivity index (χ4v) is 7.53. The molecule has 15 nitrogen and oxygen atoms in total. The van der Waals surface area contributed by atoms with E-state index in [1.165, 1.54) is 27.7 Å². The fourth-order valence-electron chi connectivity index (χ4n) is 6.05. The summed E-state index contributed by atoms with van der Waals surface area (Å²) in [4.78, 5) is 54.8. The number of nitrogens with zero attached hydrogens (tertiary/aromatic N) is 6. The van der Waals surface area contributed by atoms with Crippen LogP contribution in [0.3, 0.4) is 0 Å². The van der Waals surface area contributed by atoms with E-state index < -0.39 is 17.9 Å². The van der Waals surface area contributed by atoms with Crippen molar-refractivity contribution in [2.75, 3.05) is 32.7 Å². The molecule has 0 radical (unpaired) electrons. The molecule has 4 aliphatic rings. The number of carboxylic acids is 1. The van der Waals surface area contributed by atoms with Crippen molar-refractivity contribution in [3.8, 4) is 0 Å². The molecule has 1 aromatic heterocycles. The molecule has 5 rings (SSSR count). The lowest BCUT2D eigenvalue weighted by Crippen LogP contribution is -2.66. The van der Waals surface area contributed by atoms with Gasteiger partial charge in [0.1, 0.15) is 18.6 Å². The molecule has 16 heteroatoms. The van der Waals surface area contributed by atoms with Crippen LogP contribution in [-0.2, 0) is 25.7 Å². The Morgan fingerprint density at radius 2 is 2.13 bits per heavy atom. The summed E-state index contributed by atoms with van der Waals surface area (Å²) in [6.07, 6.45) is 1.89. The predicted octanol–water partition coefficient (Wildman–Crippen LogP) is -2.83. The van der Waals surface area contributed by atoms with E-state index in [1.54, 1.807) is 6.92 Å². The Morgan fingerprint density at radius 1 is 1.33 bits per heavy atom. The monoisotopic (exact) mass is 562 g/mol. The number of aromatic nitrogens is 4. The van der Waals surface area contributed by atoms with Crippen LogP contribution >= 0.6 is 11.8 Å². The minimum atomic E-state index is -1.15. The van der Waals surface area contributed by atoms with Crippen molar-refractivity contribution in [1.82, 2.24) is 46.0 Å². The number of hydrogen-bond donors (Lipinski definition) is 5. The van der Waals surface area contributed by atoms with Gasteiger partial charge in [0.15, 0.2) is 0 Å². The topological polar surface area (TPSA) is 201 Å². The van der Waals surface area contributed by atoms with Crippen molar-refractivity contribution in [3.63, 3.8) is 0 Å². The normalized spacial score (nSPS) is 31.2. The van der Waals surface area contributed by atoms with Crippen LogP contribution in [0.1, 0.15) is 20.3 Å². The summed E-state index contributed by atoms with van der Waals surface area (Å²) >= 11 is 1.44. The Kier molecular flexibility index (Phi) is 7.89. The van der Waals surface area contributed by atoms with Crippen molar-refractivity contribution in [3.05, 3.63) is 16.9 Å². The highest BCUT2D eigenvalue weighted by atomic mass is 32.2. The van der Waals surface area contributed by atoms with E-state index in [4.69, 9.17) is 5.73 Å². The summed E-state index contributed by atoms with van der Waals surface area (Å²) in [5, 5.41) is 30.1. The first-order valence-corrected chi connectivity index (χ1v) is 14.0. The van der Waals surface area contributed by atoms with Gasteiger partial charge in [0, 0.05) is 60.9 Å². The van der Waals surface area contributed by atoms with E-state index in [0.29, 0.717) is 44.0 Å². The van der Waals surface area contributed by atoms with E-state index in [9.17, 15) is 24.3 Å². The standard InChI is InChI=1S/C23H34N10O5S/c1-11-18-17(12(2)28-16(34)9-32-10-27-29-30-32)22(36)33(18)19(23(37)38)20(11)39-14-5-15(26-7-14)21(35)31-4-3-25-13(6-24)8-31/h10-15,17-18,25-26H,3-9,24H2,1-2H3,(H,28,34)(H,37,38)/t11-,12?,13+,14+,15+,17-,18-/m1/s1. The van der Waals surface area contributed by atoms with Crippen molar-refractivity contribution >= 4 is 35.5 Å². The van der Waals surface area contributed by atoms with E-state index in [1.807, 2.05) is 11.8 Å². The molecular formula is C23H34N10O5S. The van der Waals surface area contributed by atoms with Crippen LogP contribution < -0.4 is 21.7 Å². The number of aliphatic carboxylic acids is 1. The molecule has 3 fully saturated rings. The second kappa shape index (κ2) is 11.2. The molecule has 1 aromatic rings. The molecular weight excluding hydrogens is 528 g/mol. The number of tetrazole rings is 1. The zero-order valence-corrected chi connectivity index (χ0v) is 22.6. The van der Waals surface area contributed by atoms with Crippen molar-refractivity contribution in [2.24, 2.45) is 17.6 Å². The summed E-state index contributed by atoms with van der Waals surface area (Å²) in [7, 11) is 0. The van der Waals surface area contributed by atoms with E-state index in [0.717, 1.165) is 0 Å². The Balaban J connectivity index is 1.22. The van der Waals surface area contributed by atoms with Crippen LogP contribution in [0, 0.1) is 11.8 Å². The van der Waals surface area contributed by atoms with Gasteiger partial charge < -0.3 is 36.6 Å². The molecule has 7 atom stereocenters. The molecule has 0 aliphatic carbocycles. The number of piperazine rings is 1. The van der Waals surface area contributed by atoms with Crippen molar-refractivity contribution in [2.45, 2.75) is 56.2 Å². The van der Waals surface area contributed by atoms with Crippen LogP contribution in [-0.4, -0.2) is 121 Å². The summed E-state index contributed by atoms with van der Waals surface area (Å²) in [6, 6.07) is -1.13. The number of thioether (sulfide) groups is 1. The van der Waals surface area contributed by atoms with Crippen LogP contribution in [0.4, 0.5) is 0 Å². The second-order valence-corrected chi connectivity index (χ2v) is 11.8. The number of hydrogen-bond acceptors (Lipinski definition) is 11. The number of fused-ring (bicyclic) bond motifs is 1. The van der Waals surface area contributed by atoms with E-state index in [2.05, 4.69) is 31.5 Å². The zero-order chi connectivity index (χ0) is 27.8. The molecule has 3 saturated heterocycles. The molecule has 1 unspecified atom stereocenters. The third-order valence-electron chi connectivity index (χ3n) is 7.95. The maximum atomic E-state index is 13.1. The molecule has 0 bridgehead atoms. The summed E-state index contributed by atoms with van der Waals surface area (Å²) < 4.78 is 1.28. The minimum absolute atomic E-state index is 0.00800. The van der Waals surface area contributed by atoms with Crippen molar-refractivity contribution < 1.29 is 24.3 Å². The first-order chi connectivity index (χ1) is 18.7. The quantitative estimate of drug-likeness (QED) is 0.194. The second-order valence-electron chi connectivity index (χ2n) is 10.5. The molecule has 212 valence electrons. The highest BCUT2D eigenvalue weighted by Crippen LogP contribution is 2.51. The largest absolute Gasteiger partial charge is 0.477 e. The zero-order valence-electron chi connectivity index (χ0n) is 21.8. The third-order valence-corrected chi connectivity index (χ3v) is 9.46. The van der Waals surface area contributed by atoms with Gasteiger partial charge in [-0.15, -0.1) is 16.9 Å². The van der Waals surface area contributed by atoms with E-state index >= 15 is 0 Å². The lowest BCUT2D eigenvalue weighted by Gasteiger charge is -2.47. The minimum Gasteiger partial charge on any atom is -0.477 e. The van der Waals surface area contributed by atoms with Gasteiger partial charge in [-0.25, -0.2) is 9.48 Å². The van der Waals surface area contributed by atoms with Gasteiger partial charge in [0.05, 0.1) is 18.0 Å². The molecule has 6 N–H and O–H groups in total. The summed E-state index contributed by atoms with van der Waals surface area (Å²) in [5.74, 6) is -2.56. The first kappa shape index (κ1) is 27.5. The molecule has 39 heavy (non-hydrogen) atoms. The fraction of sp³-hybridized carbons (Fsp3) is 0.696. The number of carboxylic acid groups (broad SMARTS) is 1. The van der Waals surface area contributed by atoms with Gasteiger partial charge in [-0.3, -0.25) is 14.4 Å². The predicted molar refractivity (Wildman–Crippen MR) is 139 cm³/mol. The maximum Gasteiger partial charge on any atom is 0.353 e. The van der Waals surface area contributed by atoms with Gasteiger partial charge in [-0.2, -0.15) is 0 Å². The molecule has 5 heterocycles. The summed E-state index contributed by atoms with van der Waals surface area (Å²) in [5.41, 5.74) is 5.78. The number of β-lactam (4-membered cyclic amide) rings is 1. The lowest BCUT2D eigenvalue weighted by atomic mass is 9.78. The Morgan fingerprint density at radius 3 is 2.82 bits per heavy atom. The van der Waals surface area contributed by atoms with E-state index in [-0.39, 0.29) is 59.3 Å². The Hall–Kier alpha value is -3.08. The molecule has 0 spiro atoms. The molecule has 0 aromatic carbocycles. The van der Waals surface area contributed by atoms with Crippen LogP contribution in [0.2, 0.25) is 0 Å². The number of rotatable bonds is 9. The average Bonchev–Trinajstić information content (AvgIpc) is 3.64. The molecule has 3 amide bonds. The average molecular weight is 563 g/mol. The summed E-state index contributed by atoms with van der Waals surface area (Å²) in [6.45, 7) is 6.50.